The minimum atomic E-state index is -0.441. The number of carbonyl (C=O) groups excluding carboxylic acids is 1. The van der Waals surface area contributed by atoms with Crippen molar-refractivity contribution in [3.05, 3.63) is 69.3 Å². The molecule has 0 aliphatic heterocycles. The molecule has 0 saturated carbocycles. The summed E-state index contributed by atoms with van der Waals surface area (Å²) < 4.78 is 9.93. The predicted molar refractivity (Wildman–Crippen MR) is 84.8 cm³/mol. The fourth-order valence-corrected chi connectivity index (χ4v) is 2.24. The molecule has 0 aliphatic rings. The van der Waals surface area contributed by atoms with Gasteiger partial charge in [0.25, 0.3) is 5.69 Å². The van der Waals surface area contributed by atoms with Crippen molar-refractivity contribution in [3.63, 3.8) is 0 Å². The summed E-state index contributed by atoms with van der Waals surface area (Å²) >= 11 is 0. The smallest absolute Gasteiger partial charge is 0.341 e. The van der Waals surface area contributed by atoms with E-state index >= 15 is 0 Å². The van der Waals surface area contributed by atoms with Gasteiger partial charge in [0.1, 0.15) is 11.3 Å². The van der Waals surface area contributed by atoms with Crippen molar-refractivity contribution in [2.75, 3.05) is 14.2 Å². The zero-order valence-electron chi connectivity index (χ0n) is 12.9. The van der Waals surface area contributed by atoms with E-state index in [-0.39, 0.29) is 5.69 Å². The van der Waals surface area contributed by atoms with Gasteiger partial charge in [-0.25, -0.2) is 4.79 Å². The molecule has 2 aromatic carbocycles. The number of non-ortho nitro benzene ring substituents is 1. The van der Waals surface area contributed by atoms with Crippen molar-refractivity contribution in [3.8, 4) is 5.75 Å². The third kappa shape index (κ3) is 4.06. The Morgan fingerprint density at radius 1 is 1.04 bits per heavy atom. The van der Waals surface area contributed by atoms with E-state index in [1.54, 1.807) is 24.3 Å². The van der Waals surface area contributed by atoms with E-state index in [4.69, 9.17) is 9.47 Å². The van der Waals surface area contributed by atoms with E-state index in [1.165, 1.54) is 26.4 Å². The highest BCUT2D eigenvalue weighted by atomic mass is 16.6. The molecule has 0 amide bonds. The Bertz CT molecular complexity index is 709. The molecule has 6 nitrogen and oxygen atoms in total. The van der Waals surface area contributed by atoms with Crippen molar-refractivity contribution < 1.29 is 19.2 Å². The number of nitro groups is 1. The molecule has 0 N–H and O–H groups in total. The van der Waals surface area contributed by atoms with E-state index in [9.17, 15) is 14.9 Å². The van der Waals surface area contributed by atoms with Crippen LogP contribution in [-0.2, 0) is 17.6 Å². The molecule has 23 heavy (non-hydrogen) atoms. The number of carbonyl (C=O) groups is 1. The van der Waals surface area contributed by atoms with Crippen LogP contribution in [0.4, 0.5) is 5.69 Å². The van der Waals surface area contributed by atoms with Crippen LogP contribution >= 0.6 is 0 Å². The van der Waals surface area contributed by atoms with Crippen molar-refractivity contribution in [2.45, 2.75) is 12.8 Å². The number of aryl methyl sites for hydroxylation is 2. The molecular weight excluding hydrogens is 298 g/mol. The summed E-state index contributed by atoms with van der Waals surface area (Å²) in [6.07, 6.45) is 1.47. The molecule has 0 atom stereocenters. The Balaban J connectivity index is 2.08. The average molecular weight is 315 g/mol. The van der Waals surface area contributed by atoms with Gasteiger partial charge in [0.05, 0.1) is 19.1 Å². The second-order valence-electron chi connectivity index (χ2n) is 4.95. The molecular formula is C17H17NO5. The number of ether oxygens (including phenoxy) is 2. The molecule has 0 aromatic heterocycles. The van der Waals surface area contributed by atoms with Crippen LogP contribution in [0.25, 0.3) is 0 Å². The molecule has 0 saturated heterocycles. The first kappa shape index (κ1) is 16.5. The number of esters is 1. The van der Waals surface area contributed by atoms with Crippen LogP contribution in [0.5, 0.6) is 5.75 Å². The maximum Gasteiger partial charge on any atom is 0.341 e. The third-order valence-electron chi connectivity index (χ3n) is 3.52. The second-order valence-corrected chi connectivity index (χ2v) is 4.95. The lowest BCUT2D eigenvalue weighted by atomic mass is 10.0. The molecule has 0 unspecified atom stereocenters. The lowest BCUT2D eigenvalue weighted by Gasteiger charge is -2.09. The van der Waals surface area contributed by atoms with Gasteiger partial charge in [-0.15, -0.1) is 0 Å². The van der Waals surface area contributed by atoms with E-state index in [2.05, 4.69) is 0 Å². The Morgan fingerprint density at radius 2 is 1.65 bits per heavy atom. The summed E-state index contributed by atoms with van der Waals surface area (Å²) in [5.41, 5.74) is 2.48. The number of nitrogens with zero attached hydrogens (tertiary/aromatic N) is 1. The van der Waals surface area contributed by atoms with Crippen LogP contribution < -0.4 is 4.74 Å². The van der Waals surface area contributed by atoms with Crippen molar-refractivity contribution in [1.82, 2.24) is 0 Å². The van der Waals surface area contributed by atoms with Crippen molar-refractivity contribution in [2.24, 2.45) is 0 Å². The molecule has 6 heteroatoms. The normalized spacial score (nSPS) is 10.2. The molecule has 0 heterocycles. The first-order chi connectivity index (χ1) is 11.0. The minimum Gasteiger partial charge on any atom is -0.496 e. The minimum absolute atomic E-state index is 0.0813. The fourth-order valence-electron chi connectivity index (χ4n) is 2.24. The van der Waals surface area contributed by atoms with Crippen LogP contribution in [0.2, 0.25) is 0 Å². The molecule has 0 spiro atoms. The van der Waals surface area contributed by atoms with Gasteiger partial charge in [-0.05, 0) is 36.1 Å². The molecule has 0 fully saturated rings. The zero-order valence-corrected chi connectivity index (χ0v) is 12.9. The summed E-state index contributed by atoms with van der Waals surface area (Å²) in [5, 5.41) is 10.6. The van der Waals surface area contributed by atoms with Gasteiger partial charge in [-0.1, -0.05) is 18.2 Å². The Hall–Kier alpha value is -2.89. The second kappa shape index (κ2) is 7.40. The first-order valence-electron chi connectivity index (χ1n) is 7.03. The molecule has 0 bridgehead atoms. The van der Waals surface area contributed by atoms with Crippen LogP contribution in [0.1, 0.15) is 21.5 Å². The quantitative estimate of drug-likeness (QED) is 0.465. The maximum absolute atomic E-state index is 11.6. The number of benzene rings is 2. The van der Waals surface area contributed by atoms with Gasteiger partial charge in [-0.3, -0.25) is 10.1 Å². The van der Waals surface area contributed by atoms with Gasteiger partial charge in [0.2, 0.25) is 0 Å². The number of rotatable bonds is 6. The van der Waals surface area contributed by atoms with Crippen molar-refractivity contribution >= 4 is 11.7 Å². The van der Waals surface area contributed by atoms with Crippen molar-refractivity contribution in [1.29, 1.82) is 0 Å². The molecule has 2 aromatic rings. The SMILES string of the molecule is COC(=O)c1ccc(CCc2ccc([N+](=O)[O-])cc2)cc1OC. The summed E-state index contributed by atoms with van der Waals surface area (Å²) in [7, 11) is 2.83. The summed E-state index contributed by atoms with van der Waals surface area (Å²) in [6, 6.07) is 11.8. The molecule has 0 aliphatic carbocycles. The van der Waals surface area contributed by atoms with E-state index in [1.807, 2.05) is 6.07 Å². The lowest BCUT2D eigenvalue weighted by Crippen LogP contribution is -2.04. The van der Waals surface area contributed by atoms with Crippen LogP contribution in [0.15, 0.2) is 42.5 Å². The Morgan fingerprint density at radius 3 is 2.22 bits per heavy atom. The van der Waals surface area contributed by atoms with Gasteiger partial charge in [-0.2, -0.15) is 0 Å². The monoisotopic (exact) mass is 315 g/mol. The highest BCUT2D eigenvalue weighted by Gasteiger charge is 2.13. The highest BCUT2D eigenvalue weighted by Crippen LogP contribution is 2.22. The average Bonchev–Trinajstić information content (AvgIpc) is 2.59. The summed E-state index contributed by atoms with van der Waals surface area (Å²) in [5.74, 6) is 0.0295. The summed E-state index contributed by atoms with van der Waals surface area (Å²) in [6.45, 7) is 0. The number of nitro benzene ring substituents is 1. The van der Waals surface area contributed by atoms with Gasteiger partial charge in [0.15, 0.2) is 0 Å². The van der Waals surface area contributed by atoms with Gasteiger partial charge >= 0.3 is 5.97 Å². The van der Waals surface area contributed by atoms with E-state index in [0.29, 0.717) is 11.3 Å². The number of hydrogen-bond acceptors (Lipinski definition) is 5. The largest absolute Gasteiger partial charge is 0.496 e. The molecule has 0 radical (unpaired) electrons. The van der Waals surface area contributed by atoms with Crippen LogP contribution in [-0.4, -0.2) is 25.1 Å². The standard InChI is InChI=1S/C17H17NO5/c1-22-16-11-13(7-10-15(16)17(19)23-2)4-3-12-5-8-14(9-6-12)18(20)21/h5-11H,3-4H2,1-2H3. The molecule has 120 valence electrons. The molecule has 2 rings (SSSR count). The maximum atomic E-state index is 11.6. The van der Waals surface area contributed by atoms with E-state index in [0.717, 1.165) is 24.0 Å². The van der Waals surface area contributed by atoms with Gasteiger partial charge < -0.3 is 9.47 Å². The topological polar surface area (TPSA) is 78.7 Å². The zero-order chi connectivity index (χ0) is 16.8. The third-order valence-corrected chi connectivity index (χ3v) is 3.52. The predicted octanol–water partition coefficient (Wildman–Crippen LogP) is 3.18. The van der Waals surface area contributed by atoms with E-state index < -0.39 is 10.9 Å². The summed E-state index contributed by atoms with van der Waals surface area (Å²) in [4.78, 5) is 21.8. The van der Waals surface area contributed by atoms with Crippen LogP contribution in [0, 0.1) is 10.1 Å². The first-order valence-corrected chi connectivity index (χ1v) is 7.03. The van der Waals surface area contributed by atoms with Gasteiger partial charge in [0, 0.05) is 12.1 Å². The number of hydrogen-bond donors (Lipinski definition) is 0. The Labute approximate surface area is 133 Å². The van der Waals surface area contributed by atoms with Crippen LogP contribution in [0.3, 0.4) is 0 Å². The Kier molecular flexibility index (Phi) is 5.30. The fraction of sp³-hybridized carbons (Fsp3) is 0.235. The highest BCUT2D eigenvalue weighted by molar-refractivity contribution is 5.92. The lowest BCUT2D eigenvalue weighted by molar-refractivity contribution is -0.384. The number of methoxy groups -OCH3 is 2.